The maximum atomic E-state index is 6.57. The van der Waals surface area contributed by atoms with Crippen LogP contribution in [0.3, 0.4) is 0 Å². The summed E-state index contributed by atoms with van der Waals surface area (Å²) in [5.74, 6) is 3.19. The van der Waals surface area contributed by atoms with Gasteiger partial charge in [-0.2, -0.15) is 9.97 Å². The Morgan fingerprint density at radius 3 is 0.790 bits per heavy atom. The molecule has 13 heteroatoms. The minimum atomic E-state index is 0.605. The van der Waals surface area contributed by atoms with Crippen LogP contribution in [0.2, 0.25) is 0 Å². The van der Waals surface area contributed by atoms with Gasteiger partial charge >= 0.3 is 0 Å². The normalized spacial score (nSPS) is 11.9. The van der Waals surface area contributed by atoms with Crippen molar-refractivity contribution in [3.8, 4) is 85.7 Å². The van der Waals surface area contributed by atoms with Crippen molar-refractivity contribution in [2.75, 3.05) is 0 Å². The molecule has 138 heavy (non-hydrogen) atoms. The molecule has 0 amide bonds. The highest BCUT2D eigenvalue weighted by atomic mass is 32.1. The van der Waals surface area contributed by atoms with Crippen LogP contribution < -0.4 is 0 Å². The number of rotatable bonds is 9. The second kappa shape index (κ2) is 31.9. The molecule has 0 radical (unpaired) electrons. The summed E-state index contributed by atoms with van der Waals surface area (Å²) in [6.07, 6.45) is 0. The third-order valence-electron chi connectivity index (χ3n) is 27.4. The Labute approximate surface area is 796 Å². The summed E-state index contributed by atoms with van der Waals surface area (Å²) in [5.41, 5.74) is 17.8. The molecule has 0 atom stereocenters. The van der Waals surface area contributed by atoms with Gasteiger partial charge in [-0.05, 0) is 143 Å². The van der Waals surface area contributed by atoms with Gasteiger partial charge in [-0.25, -0.2) is 24.9 Å². The molecule has 0 fully saturated rings. The van der Waals surface area contributed by atoms with E-state index in [1.807, 2.05) is 108 Å². The first-order chi connectivity index (χ1) is 68.4. The highest BCUT2D eigenvalue weighted by molar-refractivity contribution is 7.26. The molecule has 30 aromatic rings. The first-order valence-electron chi connectivity index (χ1n) is 46.4. The number of benzene rings is 21. The van der Waals surface area contributed by atoms with E-state index in [0.717, 1.165) is 117 Å². The van der Waals surface area contributed by atoms with Crippen LogP contribution in [0.25, 0.3) is 278 Å². The first-order valence-corrected chi connectivity index (χ1v) is 48.0. The molecule has 0 spiro atoms. The average molecular weight is 1800 g/mol. The SMILES string of the molecule is c1ccc(-c2cc(-c3ccccc3)nc(-n3c4cc5oc6ccc7ccccc7c6c5cc4c4c5ccccc5ccc43)n2)cc1.c1ccc(-c2cc(-c3ccccc3)nc(-n3c4cc5sc6ccc7ccccc7c6c5cc4c4c5ccccc5ccc43)n2)cc1.c1ccc(-c2nc(-c3ccccc3)nc(-n3c4cc5sc6ccc7ccccc7c6c5cc4c4c5ccccc5ccc43)n2)cc1. The fourth-order valence-corrected chi connectivity index (χ4v) is 23.4. The zero-order valence-electron chi connectivity index (χ0n) is 73.9. The van der Waals surface area contributed by atoms with Gasteiger partial charge in [0.2, 0.25) is 17.8 Å². The molecular weight excluding hydrogens is 1720 g/mol. The van der Waals surface area contributed by atoms with Gasteiger partial charge in [-0.15, -0.1) is 22.7 Å². The van der Waals surface area contributed by atoms with E-state index in [2.05, 4.69) is 378 Å². The second-order valence-electron chi connectivity index (χ2n) is 35.3. The van der Waals surface area contributed by atoms with Gasteiger partial charge in [0.25, 0.3) is 0 Å². The topological polar surface area (TPSA) is 118 Å². The van der Waals surface area contributed by atoms with Crippen LogP contribution >= 0.6 is 22.7 Å². The quantitative estimate of drug-likeness (QED) is 0.140. The Kier molecular flexibility index (Phi) is 18.2. The summed E-state index contributed by atoms with van der Waals surface area (Å²) in [6.45, 7) is 0. The number of thiophene rings is 2. The van der Waals surface area contributed by atoms with Gasteiger partial charge < -0.3 is 4.42 Å². The highest BCUT2D eigenvalue weighted by Crippen LogP contribution is 2.50. The molecule has 0 aliphatic heterocycles. The predicted molar refractivity (Wildman–Crippen MR) is 578 cm³/mol. The molecule has 0 aliphatic carbocycles. The Morgan fingerprint density at radius 1 is 0.167 bits per heavy atom. The number of fused-ring (bicyclic) bond motifs is 30. The zero-order chi connectivity index (χ0) is 90.6. The molecule has 0 N–H and O–H groups in total. The van der Waals surface area contributed by atoms with E-state index in [1.165, 1.54) is 132 Å². The summed E-state index contributed by atoms with van der Waals surface area (Å²) in [6, 6.07) is 158. The van der Waals surface area contributed by atoms with Gasteiger partial charge in [-0.1, -0.05) is 364 Å². The predicted octanol–water partition coefficient (Wildman–Crippen LogP) is 33.7. The molecule has 11 nitrogen and oxygen atoms in total. The number of furan rings is 1. The van der Waals surface area contributed by atoms with Gasteiger partial charge in [-0.3, -0.25) is 13.7 Å². The molecule has 0 unspecified atom stereocenters. The number of aromatic nitrogens is 10. The van der Waals surface area contributed by atoms with E-state index in [-0.39, 0.29) is 0 Å². The lowest BCUT2D eigenvalue weighted by Gasteiger charge is -2.12. The highest BCUT2D eigenvalue weighted by Gasteiger charge is 2.28. The summed E-state index contributed by atoms with van der Waals surface area (Å²) < 4.78 is 18.4. The smallest absolute Gasteiger partial charge is 0.238 e. The Hall–Kier alpha value is -18.0. The van der Waals surface area contributed by atoms with Crippen LogP contribution in [-0.4, -0.2) is 48.6 Å². The van der Waals surface area contributed by atoms with E-state index in [4.69, 9.17) is 39.3 Å². The van der Waals surface area contributed by atoms with Crippen LogP contribution in [0.4, 0.5) is 0 Å². The van der Waals surface area contributed by atoms with Crippen LogP contribution in [0.1, 0.15) is 0 Å². The second-order valence-corrected chi connectivity index (χ2v) is 37.5. The Balaban J connectivity index is 0.000000102. The van der Waals surface area contributed by atoms with Crippen molar-refractivity contribution in [1.29, 1.82) is 0 Å². The molecule has 9 heterocycles. The zero-order valence-corrected chi connectivity index (χ0v) is 75.6. The third-order valence-corrected chi connectivity index (χ3v) is 29.6. The van der Waals surface area contributed by atoms with Crippen LogP contribution in [0.5, 0.6) is 0 Å². The Bertz CT molecular complexity index is 9140. The molecule has 30 rings (SSSR count). The molecule has 0 bridgehead atoms. The maximum Gasteiger partial charge on any atom is 0.238 e. The lowest BCUT2D eigenvalue weighted by atomic mass is 10.0. The monoisotopic (exact) mass is 1790 g/mol. The van der Waals surface area contributed by atoms with Gasteiger partial charge in [0.15, 0.2) is 11.6 Å². The molecule has 0 saturated heterocycles. The lowest BCUT2D eigenvalue weighted by Crippen LogP contribution is -2.06. The number of nitrogens with zero attached hydrogens (tertiary/aromatic N) is 10. The molecule has 0 saturated carbocycles. The molecule has 9 aromatic heterocycles. The first kappa shape index (κ1) is 78.6. The van der Waals surface area contributed by atoms with Crippen LogP contribution in [0, 0.1) is 0 Å². The van der Waals surface area contributed by atoms with E-state index >= 15 is 0 Å². The average Bonchev–Trinajstić information content (AvgIpc) is 1.56. The van der Waals surface area contributed by atoms with Gasteiger partial charge in [0, 0.05) is 123 Å². The third kappa shape index (κ3) is 12.9. The van der Waals surface area contributed by atoms with Gasteiger partial charge in [0.05, 0.1) is 55.9 Å². The van der Waals surface area contributed by atoms with Crippen molar-refractivity contribution in [3.05, 3.63) is 449 Å². The standard InChI is InChI=1S/C42H25N3O.C42H25N3S.C41H24N4S/c2*1-3-13-28(14-4-1)34-24-35(29-15-5-2-6-16-29)44-42(43-34)45-36-21-19-26-11-7-9-17-30(26)40(36)32-23-33-39(25-37(32)45)46-38-22-20-27-12-8-10-18-31(27)41(33)38;1-3-13-27(14-4-1)39-42-40(28-15-5-2-6-16-28)44-41(43-39)45-33-21-19-25-11-7-9-17-29(25)37(33)31-23-32-36(24-34(31)45)46-35-22-20-26-12-8-10-18-30(26)38(32)35/h2*1-25H;1-24H. The molecule has 0 aliphatic rings. The minimum Gasteiger partial charge on any atom is -0.456 e. The van der Waals surface area contributed by atoms with E-state index < -0.39 is 0 Å². The van der Waals surface area contributed by atoms with Gasteiger partial charge in [0.1, 0.15) is 11.2 Å². The summed E-state index contributed by atoms with van der Waals surface area (Å²) in [4.78, 5) is 36.3. The molecule has 642 valence electrons. The number of hydrogen-bond acceptors (Lipinski definition) is 10. The van der Waals surface area contributed by atoms with Crippen molar-refractivity contribution in [1.82, 2.24) is 48.6 Å². The van der Waals surface area contributed by atoms with Crippen LogP contribution in [0.15, 0.2) is 453 Å². The largest absolute Gasteiger partial charge is 0.456 e. The summed E-state index contributed by atoms with van der Waals surface area (Å²) in [5, 5.41) is 29.4. The van der Waals surface area contributed by atoms with Crippen molar-refractivity contribution >= 4 is 215 Å². The maximum absolute atomic E-state index is 6.57. The minimum absolute atomic E-state index is 0.605. The van der Waals surface area contributed by atoms with E-state index in [9.17, 15) is 0 Å². The summed E-state index contributed by atoms with van der Waals surface area (Å²) >= 11 is 3.70. The van der Waals surface area contributed by atoms with Crippen molar-refractivity contribution < 1.29 is 4.42 Å². The molecule has 21 aromatic carbocycles. The number of hydrogen-bond donors (Lipinski definition) is 0. The van der Waals surface area contributed by atoms with Crippen molar-refractivity contribution in [3.63, 3.8) is 0 Å². The summed E-state index contributed by atoms with van der Waals surface area (Å²) in [7, 11) is 0. The van der Waals surface area contributed by atoms with Crippen LogP contribution in [-0.2, 0) is 0 Å². The van der Waals surface area contributed by atoms with E-state index in [1.54, 1.807) is 0 Å². The lowest BCUT2D eigenvalue weighted by molar-refractivity contribution is 0.669. The fourth-order valence-electron chi connectivity index (χ4n) is 21.1. The Morgan fingerprint density at radius 2 is 0.442 bits per heavy atom. The molecular formula is C125H74N10OS2. The fraction of sp³-hybridized carbons (Fsp3) is 0. The van der Waals surface area contributed by atoms with E-state index in [0.29, 0.717) is 29.5 Å². The van der Waals surface area contributed by atoms with Crippen molar-refractivity contribution in [2.45, 2.75) is 0 Å². The van der Waals surface area contributed by atoms with Crippen molar-refractivity contribution in [2.24, 2.45) is 0 Å².